The molecule has 2 N–H and O–H groups in total. The predicted octanol–water partition coefficient (Wildman–Crippen LogP) is 6.72. The van der Waals surface area contributed by atoms with Crippen molar-refractivity contribution in [3.8, 4) is 22.9 Å². The molecule has 0 spiro atoms. The second kappa shape index (κ2) is 18.8. The maximum Gasteiger partial charge on any atom is 0.262 e. The first kappa shape index (κ1) is 40.0. The Morgan fingerprint density at radius 3 is 2.47 bits per heavy atom. The van der Waals surface area contributed by atoms with Crippen molar-refractivity contribution in [2.75, 3.05) is 26.2 Å². The van der Waals surface area contributed by atoms with E-state index in [1.165, 1.54) is 6.20 Å². The van der Waals surface area contributed by atoms with Gasteiger partial charge in [0.05, 0.1) is 35.5 Å². The molecule has 0 aliphatic carbocycles. The summed E-state index contributed by atoms with van der Waals surface area (Å²) in [5.41, 5.74) is 5.46. The molecule has 4 amide bonds. The van der Waals surface area contributed by atoms with Crippen LogP contribution in [0, 0.1) is 0 Å². The zero-order valence-electron chi connectivity index (χ0n) is 31.8. The van der Waals surface area contributed by atoms with Crippen molar-refractivity contribution in [1.29, 1.82) is 0 Å². The molecule has 2 unspecified atom stereocenters. The van der Waals surface area contributed by atoms with E-state index in [1.807, 2.05) is 48.6 Å². The van der Waals surface area contributed by atoms with E-state index in [2.05, 4.69) is 46.3 Å². The summed E-state index contributed by atoms with van der Waals surface area (Å²) in [6.45, 7) is 12.6. The van der Waals surface area contributed by atoms with E-state index in [1.54, 1.807) is 42.6 Å². The average molecular weight is 768 g/mol. The number of fused-ring (bicyclic) bond motifs is 1. The number of ether oxygens (including phenoxy) is 2. The molecule has 12 heteroatoms. The van der Waals surface area contributed by atoms with Crippen LogP contribution in [0.25, 0.3) is 16.8 Å². The number of nitrogens with one attached hydrogen (secondary N) is 1. The topological polar surface area (TPSA) is 151 Å². The van der Waals surface area contributed by atoms with Crippen molar-refractivity contribution in [1.82, 2.24) is 25.1 Å². The Balaban J connectivity index is 1.01. The van der Waals surface area contributed by atoms with Crippen molar-refractivity contribution >= 4 is 29.2 Å². The Morgan fingerprint density at radius 1 is 0.965 bits per heavy atom. The van der Waals surface area contributed by atoms with Crippen LogP contribution in [0.4, 0.5) is 0 Å². The van der Waals surface area contributed by atoms with Crippen molar-refractivity contribution in [3.63, 3.8) is 0 Å². The second-order valence-corrected chi connectivity index (χ2v) is 13.6. The Labute approximate surface area is 331 Å². The number of hydrogen-bond donors (Lipinski definition) is 2. The number of carbonyl (C=O) groups excluding carboxylic acids is 4. The third-order valence-corrected chi connectivity index (χ3v) is 9.93. The number of benzene rings is 2. The highest BCUT2D eigenvalue weighted by molar-refractivity contribution is 6.23. The molecule has 12 nitrogen and oxygen atoms in total. The van der Waals surface area contributed by atoms with Gasteiger partial charge in [-0.2, -0.15) is 0 Å². The zero-order valence-corrected chi connectivity index (χ0v) is 31.8. The Hall–Kier alpha value is -6.66. The number of imide groups is 2. The molecule has 57 heavy (non-hydrogen) atoms. The third-order valence-electron chi connectivity index (χ3n) is 9.93. The minimum atomic E-state index is -1.03. The molecule has 2 fully saturated rings. The minimum Gasteiger partial charge on any atom is -0.516 e. The maximum absolute atomic E-state index is 13.2. The highest BCUT2D eigenvalue weighted by Gasteiger charge is 2.44. The van der Waals surface area contributed by atoms with Crippen LogP contribution in [0.3, 0.4) is 0 Å². The summed E-state index contributed by atoms with van der Waals surface area (Å²) >= 11 is 0. The van der Waals surface area contributed by atoms with Crippen LogP contribution >= 0.6 is 0 Å². The highest BCUT2D eigenvalue weighted by Crippen LogP contribution is 2.33. The monoisotopic (exact) mass is 767 g/mol. The number of piperidine rings is 1. The largest absolute Gasteiger partial charge is 0.516 e. The van der Waals surface area contributed by atoms with E-state index in [9.17, 15) is 24.3 Å². The number of carbonyl (C=O) groups is 4. The summed E-state index contributed by atoms with van der Waals surface area (Å²) in [5, 5.41) is 11.5. The molecule has 1 aromatic heterocycles. The lowest BCUT2D eigenvalue weighted by Crippen LogP contribution is -2.54. The number of amides is 4. The molecule has 0 radical (unpaired) electrons. The number of nitrogens with zero attached hydrogens (tertiary/aromatic N) is 4. The van der Waals surface area contributed by atoms with E-state index in [4.69, 9.17) is 9.47 Å². The zero-order chi connectivity index (χ0) is 40.3. The standard InChI is InChI=1S/C45H45N5O7/c1-4-7-8-9-11-30(5-2)42(31(6-3)12-10-24-51)32-13-16-34(17-14-32)56-25-23-49-22-21-35(29-49)57-41-28-46-38(27-47-41)33-15-18-36-37(26-33)45(55)50(44(36)54)39-19-20-40(52)48-43(39)53/h4,6-18,24,26-28,35,39,51H,1,3,5,19-23,25,29H2,2H3,(H,48,52,53)/b8-7-,11-9+,24-10+,31-12+,42-30-. The van der Waals surface area contributed by atoms with Gasteiger partial charge in [-0.05, 0) is 71.9 Å². The number of likely N-dealkylation sites (tertiary alicyclic amines) is 1. The highest BCUT2D eigenvalue weighted by atomic mass is 16.5. The summed E-state index contributed by atoms with van der Waals surface area (Å²) in [6.07, 6.45) is 20.6. The van der Waals surface area contributed by atoms with Crippen molar-refractivity contribution < 1.29 is 33.8 Å². The van der Waals surface area contributed by atoms with Crippen LogP contribution in [-0.2, 0) is 9.59 Å². The van der Waals surface area contributed by atoms with Crippen LogP contribution in [0.1, 0.15) is 58.9 Å². The average Bonchev–Trinajstić information content (AvgIpc) is 3.77. The smallest absolute Gasteiger partial charge is 0.262 e. The van der Waals surface area contributed by atoms with Gasteiger partial charge in [0.25, 0.3) is 11.8 Å². The van der Waals surface area contributed by atoms with Gasteiger partial charge in [-0.15, -0.1) is 0 Å². The fourth-order valence-corrected chi connectivity index (χ4v) is 7.06. The van der Waals surface area contributed by atoms with Crippen molar-refractivity contribution in [2.24, 2.45) is 0 Å². The summed E-state index contributed by atoms with van der Waals surface area (Å²) in [5.74, 6) is -1.09. The van der Waals surface area contributed by atoms with Gasteiger partial charge in [-0.3, -0.25) is 34.3 Å². The fraction of sp³-hybridized carbons (Fsp3) is 0.244. The first-order valence-corrected chi connectivity index (χ1v) is 18.9. The van der Waals surface area contributed by atoms with Gasteiger partial charge in [0, 0.05) is 31.6 Å². The minimum absolute atomic E-state index is 0.0542. The Kier molecular flexibility index (Phi) is 13.2. The first-order valence-electron chi connectivity index (χ1n) is 18.9. The fourth-order valence-electron chi connectivity index (χ4n) is 7.06. The number of aromatic nitrogens is 2. The molecule has 0 saturated carbocycles. The normalized spacial score (nSPS) is 19.4. The molecule has 6 rings (SSSR count). The van der Waals surface area contributed by atoms with Crippen LogP contribution in [0.5, 0.6) is 11.6 Å². The van der Waals surface area contributed by atoms with E-state index in [-0.39, 0.29) is 30.1 Å². The summed E-state index contributed by atoms with van der Waals surface area (Å²) in [6, 6.07) is 11.8. The molecule has 0 bridgehead atoms. The number of allylic oxidation sites excluding steroid dienone is 11. The van der Waals surface area contributed by atoms with Crippen molar-refractivity contribution in [2.45, 2.75) is 44.8 Å². The van der Waals surface area contributed by atoms with Crippen LogP contribution in [0.15, 0.2) is 134 Å². The SMILES string of the molecule is C=C\C=C/C=C/C(CC)=C(/C(C=C)=C/C=C/O)c1ccc(OCCN2CCC(Oc3cnc(-c4ccc5c(c4)C(=O)N(C4CCC(=O)NC4=O)C5=O)cn3)C2)cc1. The van der Waals surface area contributed by atoms with Gasteiger partial charge in [-0.25, -0.2) is 9.97 Å². The van der Waals surface area contributed by atoms with Crippen LogP contribution in [0.2, 0.25) is 0 Å². The third kappa shape index (κ3) is 9.42. The Morgan fingerprint density at radius 2 is 1.77 bits per heavy atom. The Bertz CT molecular complexity index is 2180. The molecule has 3 aromatic rings. The second-order valence-electron chi connectivity index (χ2n) is 13.6. The summed E-state index contributed by atoms with van der Waals surface area (Å²) < 4.78 is 12.3. The summed E-state index contributed by atoms with van der Waals surface area (Å²) in [4.78, 5) is 62.4. The lowest BCUT2D eigenvalue weighted by molar-refractivity contribution is -0.136. The first-order chi connectivity index (χ1) is 27.7. The molecule has 2 aromatic carbocycles. The van der Waals surface area contributed by atoms with Gasteiger partial charge in [-0.1, -0.05) is 80.8 Å². The molecule has 292 valence electrons. The quantitative estimate of drug-likeness (QED) is 0.0913. The molecule has 2 saturated heterocycles. The molecule has 3 aliphatic heterocycles. The van der Waals surface area contributed by atoms with Gasteiger partial charge < -0.3 is 14.6 Å². The molecular formula is C45H45N5O7. The van der Waals surface area contributed by atoms with Crippen LogP contribution < -0.4 is 14.8 Å². The molecular weight excluding hydrogens is 723 g/mol. The molecule has 4 heterocycles. The lowest BCUT2D eigenvalue weighted by Gasteiger charge is -2.27. The lowest BCUT2D eigenvalue weighted by atomic mass is 9.91. The van der Waals surface area contributed by atoms with Crippen molar-refractivity contribution in [3.05, 3.63) is 151 Å². The number of aliphatic hydroxyl groups is 1. The number of hydrogen-bond acceptors (Lipinski definition) is 10. The maximum atomic E-state index is 13.2. The molecule has 2 atom stereocenters. The van der Waals surface area contributed by atoms with Gasteiger partial charge in [0.1, 0.15) is 24.5 Å². The van der Waals surface area contributed by atoms with Gasteiger partial charge in [0.2, 0.25) is 17.7 Å². The van der Waals surface area contributed by atoms with E-state index in [0.29, 0.717) is 30.3 Å². The summed E-state index contributed by atoms with van der Waals surface area (Å²) in [7, 11) is 0. The van der Waals surface area contributed by atoms with E-state index < -0.39 is 29.7 Å². The van der Waals surface area contributed by atoms with Crippen LogP contribution in [-0.4, -0.2) is 86.9 Å². The predicted molar refractivity (Wildman–Crippen MR) is 217 cm³/mol. The van der Waals surface area contributed by atoms with Gasteiger partial charge in [0.15, 0.2) is 0 Å². The molecule has 3 aliphatic rings. The van der Waals surface area contributed by atoms with E-state index in [0.717, 1.165) is 65.1 Å². The number of rotatable bonds is 16. The van der Waals surface area contributed by atoms with Gasteiger partial charge >= 0.3 is 0 Å². The number of aliphatic hydroxyl groups excluding tert-OH is 1. The van der Waals surface area contributed by atoms with E-state index >= 15 is 0 Å².